The van der Waals surface area contributed by atoms with Gasteiger partial charge in [0.25, 0.3) is 0 Å². The molecular formula is C18H31N3. The molecule has 0 spiro atoms. The highest BCUT2D eigenvalue weighted by molar-refractivity contribution is 5.17. The molecule has 0 bridgehead atoms. The van der Waals surface area contributed by atoms with Crippen molar-refractivity contribution in [3.63, 3.8) is 0 Å². The van der Waals surface area contributed by atoms with Crippen LogP contribution < -0.4 is 5.32 Å². The van der Waals surface area contributed by atoms with E-state index in [-0.39, 0.29) is 5.54 Å². The summed E-state index contributed by atoms with van der Waals surface area (Å²) in [5.41, 5.74) is -0.269. The summed E-state index contributed by atoms with van der Waals surface area (Å²) in [6.45, 7) is 5.35. The summed E-state index contributed by atoms with van der Waals surface area (Å²) in [5.74, 6) is 1.51. The molecule has 21 heavy (non-hydrogen) atoms. The Hall–Kier alpha value is -0.590. The molecule has 0 radical (unpaired) electrons. The van der Waals surface area contributed by atoms with Gasteiger partial charge in [-0.15, -0.1) is 0 Å². The summed E-state index contributed by atoms with van der Waals surface area (Å²) in [7, 11) is 0. The molecule has 3 rings (SSSR count). The van der Waals surface area contributed by atoms with E-state index in [1.807, 2.05) is 0 Å². The minimum atomic E-state index is -0.269. The third kappa shape index (κ3) is 3.27. The van der Waals surface area contributed by atoms with Gasteiger partial charge in [0, 0.05) is 12.6 Å². The van der Waals surface area contributed by atoms with Crippen LogP contribution in [-0.4, -0.2) is 36.1 Å². The summed E-state index contributed by atoms with van der Waals surface area (Å²) in [5, 5.41) is 13.5. The number of hydrogen-bond donors (Lipinski definition) is 1. The quantitative estimate of drug-likeness (QED) is 0.815. The van der Waals surface area contributed by atoms with Crippen molar-refractivity contribution in [1.29, 1.82) is 5.26 Å². The zero-order chi connectivity index (χ0) is 14.7. The van der Waals surface area contributed by atoms with Gasteiger partial charge in [-0.1, -0.05) is 19.8 Å². The molecule has 1 heterocycles. The number of fused-ring (bicyclic) bond motifs is 1. The Morgan fingerprint density at radius 2 is 1.90 bits per heavy atom. The molecule has 3 fully saturated rings. The molecule has 1 saturated heterocycles. The first kappa shape index (κ1) is 15.3. The predicted molar refractivity (Wildman–Crippen MR) is 85.9 cm³/mol. The van der Waals surface area contributed by atoms with Crippen LogP contribution in [0.15, 0.2) is 0 Å². The third-order valence-corrected chi connectivity index (χ3v) is 5.97. The van der Waals surface area contributed by atoms with Gasteiger partial charge in [0.05, 0.1) is 6.07 Å². The van der Waals surface area contributed by atoms with Gasteiger partial charge in [-0.25, -0.2) is 0 Å². The second-order valence-electron chi connectivity index (χ2n) is 7.51. The van der Waals surface area contributed by atoms with Gasteiger partial charge >= 0.3 is 0 Å². The van der Waals surface area contributed by atoms with Crippen molar-refractivity contribution < 1.29 is 0 Å². The monoisotopic (exact) mass is 289 g/mol. The highest BCUT2D eigenvalue weighted by Crippen LogP contribution is 2.42. The average Bonchev–Trinajstić information content (AvgIpc) is 3.37. The van der Waals surface area contributed by atoms with Crippen LogP contribution in [0, 0.1) is 23.2 Å². The zero-order valence-corrected chi connectivity index (χ0v) is 13.6. The lowest BCUT2D eigenvalue weighted by atomic mass is 9.77. The van der Waals surface area contributed by atoms with E-state index in [2.05, 4.69) is 23.2 Å². The standard InChI is InChI=1S/C18H31N3/c1-2-11-20-18(13-19,16-9-10-16)14-21-12-5-7-15-6-3-4-8-17(15)21/h15-17,20H,2-12,14H2,1H3. The van der Waals surface area contributed by atoms with Gasteiger partial charge in [0.2, 0.25) is 0 Å². The van der Waals surface area contributed by atoms with E-state index in [1.165, 1.54) is 57.9 Å². The van der Waals surface area contributed by atoms with Gasteiger partial charge < -0.3 is 0 Å². The minimum absolute atomic E-state index is 0.269. The number of nitrogens with one attached hydrogen (secondary N) is 1. The molecule has 0 amide bonds. The maximum Gasteiger partial charge on any atom is 0.122 e. The van der Waals surface area contributed by atoms with Crippen molar-refractivity contribution in [2.45, 2.75) is 76.3 Å². The molecule has 0 aromatic carbocycles. The molecule has 1 N–H and O–H groups in total. The SMILES string of the molecule is CCCNC(C#N)(CN1CCCC2CCCCC21)C1CC1. The smallest absolute Gasteiger partial charge is 0.122 e. The maximum absolute atomic E-state index is 9.90. The van der Waals surface area contributed by atoms with E-state index in [1.54, 1.807) is 0 Å². The normalized spacial score (nSPS) is 33.0. The fourth-order valence-electron chi connectivity index (χ4n) is 4.66. The van der Waals surface area contributed by atoms with Crippen LogP contribution in [0.2, 0.25) is 0 Å². The van der Waals surface area contributed by atoms with Crippen molar-refractivity contribution in [2.75, 3.05) is 19.6 Å². The van der Waals surface area contributed by atoms with Gasteiger partial charge in [-0.2, -0.15) is 5.26 Å². The molecule has 3 atom stereocenters. The summed E-state index contributed by atoms with van der Waals surface area (Å²) in [6, 6.07) is 3.47. The first-order valence-corrected chi connectivity index (χ1v) is 9.19. The number of nitrogens with zero attached hydrogens (tertiary/aromatic N) is 2. The van der Waals surface area contributed by atoms with E-state index < -0.39 is 0 Å². The molecule has 2 saturated carbocycles. The Labute approximate surface area is 130 Å². The first-order chi connectivity index (χ1) is 10.3. The van der Waals surface area contributed by atoms with Crippen LogP contribution in [0.1, 0.15) is 64.7 Å². The highest BCUT2D eigenvalue weighted by atomic mass is 15.2. The minimum Gasteiger partial charge on any atom is -0.298 e. The Morgan fingerprint density at radius 3 is 2.62 bits per heavy atom. The summed E-state index contributed by atoms with van der Waals surface area (Å²) in [4.78, 5) is 2.69. The molecule has 3 nitrogen and oxygen atoms in total. The van der Waals surface area contributed by atoms with Crippen LogP contribution in [0.3, 0.4) is 0 Å². The van der Waals surface area contributed by atoms with Gasteiger partial charge in [0.15, 0.2) is 0 Å². The van der Waals surface area contributed by atoms with Crippen LogP contribution in [0.25, 0.3) is 0 Å². The summed E-state index contributed by atoms with van der Waals surface area (Å²) >= 11 is 0. The second-order valence-corrected chi connectivity index (χ2v) is 7.51. The molecule has 1 aliphatic heterocycles. The molecule has 3 heteroatoms. The number of hydrogen-bond acceptors (Lipinski definition) is 3. The van der Waals surface area contributed by atoms with Crippen molar-refractivity contribution in [1.82, 2.24) is 10.2 Å². The van der Waals surface area contributed by atoms with Crippen molar-refractivity contribution in [3.05, 3.63) is 0 Å². The predicted octanol–water partition coefficient (Wildman–Crippen LogP) is 3.31. The molecule has 0 aromatic heterocycles. The summed E-state index contributed by atoms with van der Waals surface area (Å²) in [6.07, 6.45) is 12.0. The van der Waals surface area contributed by atoms with Crippen LogP contribution in [0.5, 0.6) is 0 Å². The molecule has 118 valence electrons. The van der Waals surface area contributed by atoms with Crippen molar-refractivity contribution in [2.24, 2.45) is 11.8 Å². The van der Waals surface area contributed by atoms with Gasteiger partial charge in [-0.3, -0.25) is 10.2 Å². The number of likely N-dealkylation sites (tertiary alicyclic amines) is 1. The van der Waals surface area contributed by atoms with Gasteiger partial charge in [-0.05, 0) is 69.9 Å². The Kier molecular flexibility index (Phi) is 4.86. The number of nitriles is 1. The topological polar surface area (TPSA) is 39.1 Å². The molecule has 3 unspecified atom stereocenters. The molecule has 2 aliphatic carbocycles. The van der Waals surface area contributed by atoms with Crippen LogP contribution in [-0.2, 0) is 0 Å². The fourth-order valence-corrected chi connectivity index (χ4v) is 4.66. The van der Waals surface area contributed by atoms with Crippen molar-refractivity contribution >= 4 is 0 Å². The lowest BCUT2D eigenvalue weighted by Crippen LogP contribution is -2.59. The number of piperidine rings is 1. The third-order valence-electron chi connectivity index (χ3n) is 5.97. The first-order valence-electron chi connectivity index (χ1n) is 9.19. The largest absolute Gasteiger partial charge is 0.298 e. The summed E-state index contributed by atoms with van der Waals surface area (Å²) < 4.78 is 0. The highest BCUT2D eigenvalue weighted by Gasteiger charge is 2.48. The maximum atomic E-state index is 9.90. The van der Waals surface area contributed by atoms with Crippen LogP contribution >= 0.6 is 0 Å². The van der Waals surface area contributed by atoms with E-state index in [0.29, 0.717) is 5.92 Å². The molecular weight excluding hydrogens is 258 g/mol. The molecule has 3 aliphatic rings. The van der Waals surface area contributed by atoms with Crippen molar-refractivity contribution in [3.8, 4) is 6.07 Å². The Bertz CT molecular complexity index is 382. The zero-order valence-electron chi connectivity index (χ0n) is 13.6. The Balaban J connectivity index is 1.70. The number of rotatable bonds is 6. The lowest BCUT2D eigenvalue weighted by molar-refractivity contribution is 0.0410. The van der Waals surface area contributed by atoms with E-state index >= 15 is 0 Å². The molecule has 0 aromatic rings. The second kappa shape index (κ2) is 6.67. The van der Waals surface area contributed by atoms with Gasteiger partial charge in [0.1, 0.15) is 5.54 Å². The fraction of sp³-hybridized carbons (Fsp3) is 0.944. The Morgan fingerprint density at radius 1 is 1.14 bits per heavy atom. The van der Waals surface area contributed by atoms with E-state index in [0.717, 1.165) is 31.5 Å². The van der Waals surface area contributed by atoms with Crippen LogP contribution in [0.4, 0.5) is 0 Å². The van der Waals surface area contributed by atoms with E-state index in [4.69, 9.17) is 0 Å². The van der Waals surface area contributed by atoms with E-state index in [9.17, 15) is 5.26 Å². The average molecular weight is 289 g/mol. The lowest BCUT2D eigenvalue weighted by Gasteiger charge is -2.47.